The fourth-order valence-electron chi connectivity index (χ4n) is 2.26. The quantitative estimate of drug-likeness (QED) is 0.344. The maximum atomic E-state index is 6.07. The van der Waals surface area contributed by atoms with Crippen LogP contribution in [0, 0.1) is 0 Å². The van der Waals surface area contributed by atoms with Crippen molar-refractivity contribution in [2.75, 3.05) is 0 Å². The lowest BCUT2D eigenvalue weighted by Gasteiger charge is -2.04. The molecule has 3 aromatic rings. The average molecular weight is 457 g/mol. The van der Waals surface area contributed by atoms with E-state index >= 15 is 0 Å². The van der Waals surface area contributed by atoms with Gasteiger partial charge in [-0.3, -0.25) is 0 Å². The molecule has 4 heteroatoms. The summed E-state index contributed by atoms with van der Waals surface area (Å²) >= 11 is 19.2. The highest BCUT2D eigenvalue weighted by Crippen LogP contribution is 2.29. The first-order valence-electron chi connectivity index (χ1n) is 6.54. The topological polar surface area (TPSA) is 0 Å². The Bertz CT molecular complexity index is 865. The molecule has 0 aliphatic rings. The number of hydrogen-bond donors (Lipinski definition) is 0. The van der Waals surface area contributed by atoms with Crippen LogP contribution in [0.25, 0.3) is 22.9 Å². The largest absolute Gasteiger partial charge is 0.0843 e. The van der Waals surface area contributed by atoms with E-state index in [-0.39, 0.29) is 0 Å². The molecule has 3 rings (SSSR count). The number of fused-ring (bicyclic) bond motifs is 1. The molecule has 0 aliphatic heterocycles. The Morgan fingerprint density at radius 2 is 1.45 bits per heavy atom. The van der Waals surface area contributed by atoms with Crippen molar-refractivity contribution in [1.82, 2.24) is 0 Å². The molecule has 0 bridgehead atoms. The Kier molecular flexibility index (Phi) is 4.94. The van der Waals surface area contributed by atoms with Gasteiger partial charge in [0.1, 0.15) is 0 Å². The van der Waals surface area contributed by atoms with Crippen LogP contribution in [0.15, 0.2) is 57.5 Å². The van der Waals surface area contributed by atoms with Crippen LogP contribution in [0.5, 0.6) is 0 Å². The third kappa shape index (κ3) is 3.75. The molecule has 22 heavy (non-hydrogen) atoms. The zero-order chi connectivity index (χ0) is 15.7. The van der Waals surface area contributed by atoms with Gasteiger partial charge in [0.25, 0.3) is 0 Å². The fourth-order valence-corrected chi connectivity index (χ4v) is 4.10. The molecular formula is C18H10Br2Cl2. The van der Waals surface area contributed by atoms with Crippen molar-refractivity contribution in [1.29, 1.82) is 0 Å². The molecule has 0 spiro atoms. The molecular weight excluding hydrogens is 447 g/mol. The summed E-state index contributed by atoms with van der Waals surface area (Å²) in [5.74, 6) is 0. The van der Waals surface area contributed by atoms with Crippen LogP contribution in [0.1, 0.15) is 11.1 Å². The first kappa shape index (κ1) is 16.1. The van der Waals surface area contributed by atoms with Gasteiger partial charge in [-0.25, -0.2) is 0 Å². The summed E-state index contributed by atoms with van der Waals surface area (Å²) in [6.07, 6.45) is 4.11. The fraction of sp³-hybridized carbons (Fsp3) is 0. The third-order valence-corrected chi connectivity index (χ3v) is 4.80. The van der Waals surface area contributed by atoms with Gasteiger partial charge < -0.3 is 0 Å². The lowest BCUT2D eigenvalue weighted by atomic mass is 10.1. The second kappa shape index (κ2) is 6.76. The summed E-state index contributed by atoms with van der Waals surface area (Å²) in [7, 11) is 0. The highest BCUT2D eigenvalue weighted by atomic mass is 79.9. The number of halogens is 4. The van der Waals surface area contributed by atoms with Gasteiger partial charge >= 0.3 is 0 Å². The second-order valence-electron chi connectivity index (χ2n) is 4.90. The summed E-state index contributed by atoms with van der Waals surface area (Å²) in [4.78, 5) is 0. The molecule has 0 atom stereocenters. The van der Waals surface area contributed by atoms with Gasteiger partial charge in [0.15, 0.2) is 0 Å². The van der Waals surface area contributed by atoms with E-state index in [1.54, 1.807) is 0 Å². The van der Waals surface area contributed by atoms with Crippen LogP contribution in [-0.4, -0.2) is 0 Å². The van der Waals surface area contributed by atoms with Crippen LogP contribution >= 0.6 is 55.1 Å². The Balaban J connectivity index is 1.98. The molecule has 0 aromatic heterocycles. The van der Waals surface area contributed by atoms with Crippen LogP contribution in [0.2, 0.25) is 10.0 Å². The molecule has 0 radical (unpaired) electrons. The van der Waals surface area contributed by atoms with Crippen molar-refractivity contribution in [3.8, 4) is 0 Å². The zero-order valence-corrected chi connectivity index (χ0v) is 16.0. The van der Waals surface area contributed by atoms with Crippen molar-refractivity contribution >= 4 is 78.0 Å². The molecule has 0 nitrogen and oxygen atoms in total. The summed E-state index contributed by atoms with van der Waals surface area (Å²) in [6.45, 7) is 0. The monoisotopic (exact) mass is 454 g/mol. The summed E-state index contributed by atoms with van der Waals surface area (Å²) < 4.78 is 1.96. The van der Waals surface area contributed by atoms with Gasteiger partial charge in [-0.05, 0) is 58.3 Å². The van der Waals surface area contributed by atoms with E-state index in [2.05, 4.69) is 56.1 Å². The van der Waals surface area contributed by atoms with Crippen molar-refractivity contribution in [3.63, 3.8) is 0 Å². The zero-order valence-electron chi connectivity index (χ0n) is 11.3. The lowest BCUT2D eigenvalue weighted by Crippen LogP contribution is -1.79. The first-order valence-corrected chi connectivity index (χ1v) is 8.88. The van der Waals surface area contributed by atoms with Gasteiger partial charge in [-0.2, -0.15) is 0 Å². The molecule has 3 aromatic carbocycles. The second-order valence-corrected chi connectivity index (χ2v) is 7.55. The highest BCUT2D eigenvalue weighted by Gasteiger charge is 2.02. The maximum absolute atomic E-state index is 6.07. The van der Waals surface area contributed by atoms with E-state index in [0.717, 1.165) is 35.9 Å². The summed E-state index contributed by atoms with van der Waals surface area (Å²) in [5, 5.41) is 3.69. The molecule has 0 saturated carbocycles. The Morgan fingerprint density at radius 1 is 0.727 bits per heavy atom. The Hall–Kier alpha value is -0.800. The van der Waals surface area contributed by atoms with Crippen molar-refractivity contribution < 1.29 is 0 Å². The van der Waals surface area contributed by atoms with Gasteiger partial charge in [0.05, 0.1) is 0 Å². The van der Waals surface area contributed by atoms with E-state index in [0.29, 0.717) is 5.02 Å². The predicted molar refractivity (Wildman–Crippen MR) is 105 cm³/mol. The molecule has 110 valence electrons. The molecule has 0 amide bonds. The Morgan fingerprint density at radius 3 is 2.23 bits per heavy atom. The summed E-state index contributed by atoms with van der Waals surface area (Å²) in [5.41, 5.74) is 2.17. The molecule has 0 aliphatic carbocycles. The van der Waals surface area contributed by atoms with Crippen LogP contribution < -0.4 is 0 Å². The Labute approximate surface area is 156 Å². The molecule has 0 saturated heterocycles. The standard InChI is InChI=1S/C18H10Br2Cl2/c19-14-5-12(6-15(21)9-14)2-1-11-3-4-13-8-16(22)10-18(20)17(13)7-11/h1-10H. The predicted octanol–water partition coefficient (Wildman–Crippen LogP) is 7.84. The first-order chi connectivity index (χ1) is 10.5. The number of benzene rings is 3. The maximum Gasteiger partial charge on any atom is 0.0423 e. The number of rotatable bonds is 2. The van der Waals surface area contributed by atoms with Gasteiger partial charge in [0.2, 0.25) is 0 Å². The van der Waals surface area contributed by atoms with Gasteiger partial charge in [0, 0.05) is 19.0 Å². The van der Waals surface area contributed by atoms with Crippen molar-refractivity contribution in [2.45, 2.75) is 0 Å². The molecule has 0 unspecified atom stereocenters. The normalized spacial score (nSPS) is 11.5. The van der Waals surface area contributed by atoms with E-state index < -0.39 is 0 Å². The minimum Gasteiger partial charge on any atom is -0.0843 e. The molecule has 0 N–H and O–H groups in total. The van der Waals surface area contributed by atoms with E-state index in [1.165, 1.54) is 0 Å². The van der Waals surface area contributed by atoms with Crippen LogP contribution in [-0.2, 0) is 0 Å². The van der Waals surface area contributed by atoms with Crippen LogP contribution in [0.4, 0.5) is 0 Å². The molecule has 0 fully saturated rings. The van der Waals surface area contributed by atoms with Crippen LogP contribution in [0.3, 0.4) is 0 Å². The highest BCUT2D eigenvalue weighted by molar-refractivity contribution is 9.11. The number of hydrogen-bond acceptors (Lipinski definition) is 0. The van der Waals surface area contributed by atoms with Gasteiger partial charge in [-0.15, -0.1) is 0 Å². The van der Waals surface area contributed by atoms with E-state index in [4.69, 9.17) is 23.2 Å². The SMILES string of the molecule is Clc1cc(Br)cc(C=Cc2ccc3cc(Cl)cc(Br)c3c2)c1. The van der Waals surface area contributed by atoms with Gasteiger partial charge in [-0.1, -0.05) is 79.3 Å². The van der Waals surface area contributed by atoms with Crippen molar-refractivity contribution in [3.05, 3.63) is 78.6 Å². The molecule has 0 heterocycles. The van der Waals surface area contributed by atoms with Crippen molar-refractivity contribution in [2.24, 2.45) is 0 Å². The minimum absolute atomic E-state index is 0.713. The summed E-state index contributed by atoms with van der Waals surface area (Å²) in [6, 6.07) is 16.0. The van der Waals surface area contributed by atoms with E-state index in [9.17, 15) is 0 Å². The minimum atomic E-state index is 0.713. The smallest absolute Gasteiger partial charge is 0.0423 e. The average Bonchev–Trinajstić information content (AvgIpc) is 2.44. The lowest BCUT2D eigenvalue weighted by molar-refractivity contribution is 1.61. The van der Waals surface area contributed by atoms with E-state index in [1.807, 2.05) is 36.4 Å². The third-order valence-electron chi connectivity index (χ3n) is 3.25.